The van der Waals surface area contributed by atoms with E-state index < -0.39 is 0 Å². The van der Waals surface area contributed by atoms with Gasteiger partial charge in [-0.05, 0) is 42.8 Å². The fourth-order valence-corrected chi connectivity index (χ4v) is 1.83. The lowest BCUT2D eigenvalue weighted by molar-refractivity contribution is 0.102. The topological polar surface area (TPSA) is 55.1 Å². The van der Waals surface area contributed by atoms with Crippen molar-refractivity contribution in [2.24, 2.45) is 5.73 Å². The van der Waals surface area contributed by atoms with Gasteiger partial charge in [0.05, 0.1) is 12.2 Å². The van der Waals surface area contributed by atoms with Crippen molar-refractivity contribution >= 4 is 11.6 Å². The molecule has 0 spiro atoms. The highest BCUT2D eigenvalue weighted by Crippen LogP contribution is 2.16. The summed E-state index contributed by atoms with van der Waals surface area (Å²) in [4.78, 5) is 12.2. The molecule has 2 rings (SSSR count). The van der Waals surface area contributed by atoms with Crippen molar-refractivity contribution in [1.29, 1.82) is 0 Å². The molecule has 0 bridgehead atoms. The second kappa shape index (κ2) is 6.69. The lowest BCUT2D eigenvalue weighted by Gasteiger charge is -2.08. The molecule has 0 aliphatic rings. The normalized spacial score (nSPS) is 9.67. The first-order chi connectivity index (χ1) is 10.1. The quantitative estimate of drug-likeness (QED) is 0.832. The van der Waals surface area contributed by atoms with Gasteiger partial charge in [0.25, 0.3) is 5.91 Å². The molecule has 4 heteroatoms. The van der Waals surface area contributed by atoms with E-state index in [1.807, 2.05) is 6.07 Å². The summed E-state index contributed by atoms with van der Waals surface area (Å²) in [5.41, 5.74) is 7.47. The largest absolute Gasteiger partial charge is 0.321 e. The van der Waals surface area contributed by atoms with Crippen LogP contribution in [-0.2, 0) is 0 Å². The van der Waals surface area contributed by atoms with Gasteiger partial charge in [-0.15, -0.1) is 0 Å². The van der Waals surface area contributed by atoms with Gasteiger partial charge in [-0.1, -0.05) is 24.0 Å². The average molecular weight is 282 g/mol. The van der Waals surface area contributed by atoms with Crippen LogP contribution in [0.2, 0.25) is 0 Å². The second-order valence-corrected chi connectivity index (χ2v) is 4.47. The summed E-state index contributed by atoms with van der Waals surface area (Å²) < 4.78 is 13.2. The lowest BCUT2D eigenvalue weighted by Crippen LogP contribution is -2.13. The lowest BCUT2D eigenvalue weighted by atomic mass is 10.1. The minimum atomic E-state index is -0.333. The van der Waals surface area contributed by atoms with E-state index in [0.29, 0.717) is 22.4 Å². The van der Waals surface area contributed by atoms with Crippen LogP contribution in [0, 0.1) is 24.6 Å². The molecule has 0 unspecified atom stereocenters. The van der Waals surface area contributed by atoms with Crippen molar-refractivity contribution in [3.05, 3.63) is 65.0 Å². The molecule has 0 saturated heterocycles. The SMILES string of the molecule is Cc1cc(C(=O)Nc2ccccc2C#CCN)ccc1F. The van der Waals surface area contributed by atoms with E-state index in [0.717, 1.165) is 0 Å². The van der Waals surface area contributed by atoms with Gasteiger partial charge in [0.1, 0.15) is 5.82 Å². The van der Waals surface area contributed by atoms with Crippen LogP contribution < -0.4 is 11.1 Å². The van der Waals surface area contributed by atoms with Gasteiger partial charge < -0.3 is 11.1 Å². The molecule has 2 aromatic rings. The predicted octanol–water partition coefficient (Wildman–Crippen LogP) is 2.70. The predicted molar refractivity (Wildman–Crippen MR) is 81.5 cm³/mol. The molecule has 3 nitrogen and oxygen atoms in total. The molecule has 0 heterocycles. The Morgan fingerprint density at radius 1 is 1.29 bits per heavy atom. The van der Waals surface area contributed by atoms with E-state index in [1.54, 1.807) is 25.1 Å². The fraction of sp³-hybridized carbons (Fsp3) is 0.118. The molecule has 21 heavy (non-hydrogen) atoms. The molecule has 1 amide bonds. The summed E-state index contributed by atoms with van der Waals surface area (Å²) in [6.07, 6.45) is 0. The van der Waals surface area contributed by atoms with Crippen LogP contribution in [0.5, 0.6) is 0 Å². The van der Waals surface area contributed by atoms with Gasteiger partial charge in [0.2, 0.25) is 0 Å². The van der Waals surface area contributed by atoms with E-state index in [2.05, 4.69) is 17.2 Å². The number of anilines is 1. The summed E-state index contributed by atoms with van der Waals surface area (Å²) in [6, 6.07) is 11.4. The van der Waals surface area contributed by atoms with Crippen LogP contribution in [0.15, 0.2) is 42.5 Å². The van der Waals surface area contributed by atoms with Gasteiger partial charge >= 0.3 is 0 Å². The van der Waals surface area contributed by atoms with Crippen LogP contribution in [-0.4, -0.2) is 12.5 Å². The molecular formula is C17H15FN2O. The van der Waals surface area contributed by atoms with Crippen LogP contribution in [0.4, 0.5) is 10.1 Å². The molecule has 0 fully saturated rings. The molecule has 0 aliphatic heterocycles. The minimum Gasteiger partial charge on any atom is -0.321 e. The first-order valence-electron chi connectivity index (χ1n) is 6.47. The van der Waals surface area contributed by atoms with E-state index in [4.69, 9.17) is 5.73 Å². The third-order valence-corrected chi connectivity index (χ3v) is 2.92. The zero-order valence-electron chi connectivity index (χ0n) is 11.6. The molecule has 2 aromatic carbocycles. The molecule has 0 radical (unpaired) electrons. The number of hydrogen-bond acceptors (Lipinski definition) is 2. The summed E-state index contributed by atoms with van der Waals surface area (Å²) in [5.74, 6) is 5.01. The third-order valence-electron chi connectivity index (χ3n) is 2.92. The van der Waals surface area contributed by atoms with Gasteiger partial charge in [0.15, 0.2) is 0 Å². The van der Waals surface area contributed by atoms with E-state index in [9.17, 15) is 9.18 Å². The molecule has 106 valence electrons. The number of nitrogens with one attached hydrogen (secondary N) is 1. The second-order valence-electron chi connectivity index (χ2n) is 4.47. The number of rotatable bonds is 2. The Morgan fingerprint density at radius 3 is 2.76 bits per heavy atom. The van der Waals surface area contributed by atoms with Crippen LogP contribution in [0.1, 0.15) is 21.5 Å². The Balaban J connectivity index is 2.25. The number of aryl methyl sites for hydroxylation is 1. The molecule has 0 atom stereocenters. The first kappa shape index (κ1) is 14.8. The zero-order valence-corrected chi connectivity index (χ0v) is 11.6. The maximum absolute atomic E-state index is 13.2. The highest BCUT2D eigenvalue weighted by molar-refractivity contribution is 6.05. The summed E-state index contributed by atoms with van der Waals surface area (Å²) >= 11 is 0. The Labute approximate surface area is 123 Å². The molecule has 0 aliphatic carbocycles. The smallest absolute Gasteiger partial charge is 0.255 e. The van der Waals surface area contributed by atoms with E-state index in [1.165, 1.54) is 18.2 Å². The maximum Gasteiger partial charge on any atom is 0.255 e. The number of hydrogen-bond donors (Lipinski definition) is 2. The van der Waals surface area contributed by atoms with Gasteiger partial charge in [-0.3, -0.25) is 4.79 Å². The number of carbonyl (C=O) groups excluding carboxylic acids is 1. The summed E-state index contributed by atoms with van der Waals surface area (Å²) in [7, 11) is 0. The Morgan fingerprint density at radius 2 is 2.05 bits per heavy atom. The Kier molecular flexibility index (Phi) is 4.70. The number of halogens is 1. The van der Waals surface area contributed by atoms with Crippen molar-refractivity contribution in [2.45, 2.75) is 6.92 Å². The highest BCUT2D eigenvalue weighted by Gasteiger charge is 2.09. The number of para-hydroxylation sites is 1. The van der Waals surface area contributed by atoms with Gasteiger partial charge in [-0.25, -0.2) is 4.39 Å². The number of amides is 1. The van der Waals surface area contributed by atoms with Crippen molar-refractivity contribution < 1.29 is 9.18 Å². The van der Waals surface area contributed by atoms with Crippen LogP contribution in [0.25, 0.3) is 0 Å². The Bertz CT molecular complexity index is 729. The average Bonchev–Trinajstić information content (AvgIpc) is 2.49. The van der Waals surface area contributed by atoms with Crippen molar-refractivity contribution in [1.82, 2.24) is 0 Å². The highest BCUT2D eigenvalue weighted by atomic mass is 19.1. The van der Waals surface area contributed by atoms with Crippen molar-refractivity contribution in [3.63, 3.8) is 0 Å². The number of benzene rings is 2. The molecule has 0 aromatic heterocycles. The van der Waals surface area contributed by atoms with Gasteiger partial charge in [0, 0.05) is 11.1 Å². The molecular weight excluding hydrogens is 267 g/mol. The van der Waals surface area contributed by atoms with Crippen LogP contribution in [0.3, 0.4) is 0 Å². The molecule has 0 saturated carbocycles. The van der Waals surface area contributed by atoms with Crippen molar-refractivity contribution in [2.75, 3.05) is 11.9 Å². The monoisotopic (exact) mass is 282 g/mol. The number of nitrogens with two attached hydrogens (primary N) is 1. The summed E-state index contributed by atoms with van der Waals surface area (Å²) in [5, 5.41) is 2.78. The van der Waals surface area contributed by atoms with E-state index >= 15 is 0 Å². The standard InChI is InChI=1S/C17H15FN2O/c1-12-11-14(8-9-15(12)18)17(21)20-16-7-3-2-5-13(16)6-4-10-19/h2-3,5,7-9,11H,10,19H2,1H3,(H,20,21). The Hall–Kier alpha value is -2.64. The third kappa shape index (κ3) is 3.68. The molecule has 3 N–H and O–H groups in total. The first-order valence-corrected chi connectivity index (χ1v) is 6.47. The minimum absolute atomic E-state index is 0.249. The van der Waals surface area contributed by atoms with Crippen molar-refractivity contribution in [3.8, 4) is 11.8 Å². The maximum atomic E-state index is 13.2. The van der Waals surface area contributed by atoms with Crippen LogP contribution >= 0.6 is 0 Å². The number of carbonyl (C=O) groups is 1. The fourth-order valence-electron chi connectivity index (χ4n) is 1.83. The summed E-state index contributed by atoms with van der Waals surface area (Å²) in [6.45, 7) is 1.87. The van der Waals surface area contributed by atoms with E-state index in [-0.39, 0.29) is 18.3 Å². The van der Waals surface area contributed by atoms with Gasteiger partial charge in [-0.2, -0.15) is 0 Å². The zero-order chi connectivity index (χ0) is 15.2.